The fourth-order valence-corrected chi connectivity index (χ4v) is 2.25. The number of methoxy groups -OCH3 is 1. The van der Waals surface area contributed by atoms with Gasteiger partial charge >= 0.3 is 0 Å². The Labute approximate surface area is 120 Å². The van der Waals surface area contributed by atoms with Crippen molar-refractivity contribution >= 4 is 17.4 Å². The van der Waals surface area contributed by atoms with E-state index >= 15 is 0 Å². The van der Waals surface area contributed by atoms with Crippen LogP contribution in [-0.4, -0.2) is 23.8 Å². The van der Waals surface area contributed by atoms with Crippen LogP contribution in [0, 0.1) is 5.82 Å². The van der Waals surface area contributed by atoms with Crippen molar-refractivity contribution in [1.82, 2.24) is 4.98 Å². The average Bonchev–Trinajstić information content (AvgIpc) is 2.72. The topological polar surface area (TPSA) is 59.5 Å². The van der Waals surface area contributed by atoms with E-state index < -0.39 is 17.5 Å². The summed E-state index contributed by atoms with van der Waals surface area (Å²) in [5.74, 6) is -1.51. The van der Waals surface area contributed by atoms with E-state index in [9.17, 15) is 14.0 Å². The van der Waals surface area contributed by atoms with Crippen LogP contribution in [0.25, 0.3) is 0 Å². The Balaban J connectivity index is 1.96. The fraction of sp³-hybridized carbons (Fsp3) is 0.133. The van der Waals surface area contributed by atoms with E-state index in [4.69, 9.17) is 4.74 Å². The zero-order valence-corrected chi connectivity index (χ0v) is 11.2. The highest BCUT2D eigenvalue weighted by molar-refractivity contribution is 6.52. The highest BCUT2D eigenvalue weighted by Crippen LogP contribution is 2.30. The lowest BCUT2D eigenvalue weighted by Crippen LogP contribution is -2.29. The largest absolute Gasteiger partial charge is 0.481 e. The Morgan fingerprint density at radius 1 is 1.24 bits per heavy atom. The smallest absolute Gasteiger partial charge is 0.299 e. The van der Waals surface area contributed by atoms with Gasteiger partial charge in [-0.2, -0.15) is 0 Å². The molecular formula is C15H11FN2O3. The van der Waals surface area contributed by atoms with Gasteiger partial charge in [0.25, 0.3) is 11.7 Å². The van der Waals surface area contributed by atoms with Crippen molar-refractivity contribution in [2.45, 2.75) is 6.54 Å². The van der Waals surface area contributed by atoms with Gasteiger partial charge in [0.1, 0.15) is 5.82 Å². The molecule has 3 rings (SSSR count). The Bertz CT molecular complexity index is 745. The van der Waals surface area contributed by atoms with Gasteiger partial charge in [-0.15, -0.1) is 0 Å². The van der Waals surface area contributed by atoms with Gasteiger partial charge in [0.05, 0.1) is 30.6 Å². The van der Waals surface area contributed by atoms with E-state index in [0.29, 0.717) is 17.3 Å². The van der Waals surface area contributed by atoms with E-state index in [2.05, 4.69) is 4.98 Å². The summed E-state index contributed by atoms with van der Waals surface area (Å²) in [4.78, 5) is 29.4. The Morgan fingerprint density at radius 3 is 2.81 bits per heavy atom. The van der Waals surface area contributed by atoms with Crippen molar-refractivity contribution in [3.63, 3.8) is 0 Å². The van der Waals surface area contributed by atoms with Crippen LogP contribution in [0.5, 0.6) is 5.88 Å². The van der Waals surface area contributed by atoms with Gasteiger partial charge in [0.2, 0.25) is 5.88 Å². The van der Waals surface area contributed by atoms with Gasteiger partial charge in [-0.3, -0.25) is 14.5 Å². The first-order valence-electron chi connectivity index (χ1n) is 6.26. The van der Waals surface area contributed by atoms with Crippen LogP contribution in [0.15, 0.2) is 36.4 Å². The summed E-state index contributed by atoms with van der Waals surface area (Å²) in [7, 11) is 1.49. The molecule has 1 amide bonds. The maximum Gasteiger partial charge on any atom is 0.299 e. The molecule has 2 heterocycles. The number of rotatable bonds is 3. The van der Waals surface area contributed by atoms with Crippen LogP contribution in [0.1, 0.15) is 16.1 Å². The standard InChI is InChI=1S/C15H11FN2O3/c1-21-13-4-2-3-10(17-13)8-18-12-6-5-9(16)7-11(12)14(19)15(18)20/h2-7H,8H2,1H3. The first-order valence-corrected chi connectivity index (χ1v) is 6.26. The molecule has 21 heavy (non-hydrogen) atoms. The first kappa shape index (κ1) is 13.2. The number of ketones is 1. The van der Waals surface area contributed by atoms with Crippen LogP contribution < -0.4 is 9.64 Å². The molecule has 0 saturated heterocycles. The summed E-state index contributed by atoms with van der Waals surface area (Å²) in [5.41, 5.74) is 1.06. The summed E-state index contributed by atoms with van der Waals surface area (Å²) in [6.45, 7) is 0.125. The Kier molecular flexibility index (Phi) is 3.13. The van der Waals surface area contributed by atoms with Crippen molar-refractivity contribution < 1.29 is 18.7 Å². The molecule has 0 unspecified atom stereocenters. The summed E-state index contributed by atoms with van der Waals surface area (Å²) < 4.78 is 18.2. The molecule has 0 fully saturated rings. The van der Waals surface area contributed by atoms with Crippen molar-refractivity contribution in [2.24, 2.45) is 0 Å². The van der Waals surface area contributed by atoms with Crippen molar-refractivity contribution in [3.8, 4) is 5.88 Å². The van der Waals surface area contributed by atoms with E-state index in [1.165, 1.54) is 24.1 Å². The molecule has 0 saturated carbocycles. The second-order valence-electron chi connectivity index (χ2n) is 4.55. The molecular weight excluding hydrogens is 275 g/mol. The SMILES string of the molecule is COc1cccc(CN2C(=O)C(=O)c3cc(F)ccc32)n1. The van der Waals surface area contributed by atoms with Gasteiger partial charge in [-0.05, 0) is 24.3 Å². The lowest BCUT2D eigenvalue weighted by molar-refractivity contribution is -0.114. The predicted octanol–water partition coefficient (Wildman–Crippen LogP) is 1.96. The number of ether oxygens (including phenoxy) is 1. The van der Waals surface area contributed by atoms with Crippen molar-refractivity contribution in [2.75, 3.05) is 12.0 Å². The number of hydrogen-bond donors (Lipinski definition) is 0. The van der Waals surface area contributed by atoms with Crippen LogP contribution in [-0.2, 0) is 11.3 Å². The van der Waals surface area contributed by atoms with E-state index in [1.54, 1.807) is 18.2 Å². The number of hydrogen-bond acceptors (Lipinski definition) is 4. The molecule has 5 nitrogen and oxygen atoms in total. The summed E-state index contributed by atoms with van der Waals surface area (Å²) in [6.07, 6.45) is 0. The van der Waals surface area contributed by atoms with Gasteiger partial charge in [0.15, 0.2) is 0 Å². The second-order valence-corrected chi connectivity index (χ2v) is 4.55. The number of Topliss-reactive ketones (excluding diaryl/α,β-unsaturated/α-hetero) is 1. The average molecular weight is 286 g/mol. The third kappa shape index (κ3) is 2.24. The number of amides is 1. The van der Waals surface area contributed by atoms with Crippen LogP contribution in [0.2, 0.25) is 0 Å². The molecule has 0 aliphatic carbocycles. The molecule has 1 aliphatic rings. The number of carbonyl (C=O) groups excluding carboxylic acids is 2. The number of anilines is 1. The first-order chi connectivity index (χ1) is 10.1. The number of benzene rings is 1. The fourth-order valence-electron chi connectivity index (χ4n) is 2.25. The third-order valence-electron chi connectivity index (χ3n) is 3.24. The molecule has 0 bridgehead atoms. The van der Waals surface area contributed by atoms with Crippen molar-refractivity contribution in [3.05, 3.63) is 53.5 Å². The normalized spacial score (nSPS) is 13.5. The highest BCUT2D eigenvalue weighted by atomic mass is 19.1. The number of aromatic nitrogens is 1. The predicted molar refractivity (Wildman–Crippen MR) is 72.7 cm³/mol. The lowest BCUT2D eigenvalue weighted by Gasteiger charge is -2.16. The molecule has 2 aromatic rings. The zero-order chi connectivity index (χ0) is 15.0. The molecule has 106 valence electrons. The molecule has 0 atom stereocenters. The van der Waals surface area contributed by atoms with Gasteiger partial charge in [0, 0.05) is 6.07 Å². The molecule has 1 aromatic carbocycles. The van der Waals surface area contributed by atoms with Gasteiger partial charge < -0.3 is 4.74 Å². The number of carbonyl (C=O) groups is 2. The number of nitrogens with zero attached hydrogens (tertiary/aromatic N) is 2. The summed E-state index contributed by atoms with van der Waals surface area (Å²) in [6, 6.07) is 8.87. The van der Waals surface area contributed by atoms with Gasteiger partial charge in [-0.1, -0.05) is 6.07 Å². The number of fused-ring (bicyclic) bond motifs is 1. The number of halogens is 1. The Hall–Kier alpha value is -2.76. The second kappa shape index (κ2) is 4.97. The minimum Gasteiger partial charge on any atom is -0.481 e. The molecule has 6 heteroatoms. The maximum atomic E-state index is 13.2. The summed E-state index contributed by atoms with van der Waals surface area (Å²) in [5, 5.41) is 0. The van der Waals surface area contributed by atoms with Crippen LogP contribution in [0.3, 0.4) is 0 Å². The quantitative estimate of drug-likeness (QED) is 0.809. The van der Waals surface area contributed by atoms with Crippen molar-refractivity contribution in [1.29, 1.82) is 0 Å². The third-order valence-corrected chi connectivity index (χ3v) is 3.24. The van der Waals surface area contributed by atoms with Gasteiger partial charge in [-0.25, -0.2) is 9.37 Å². The monoisotopic (exact) mass is 286 g/mol. The molecule has 0 radical (unpaired) electrons. The highest BCUT2D eigenvalue weighted by Gasteiger charge is 2.36. The zero-order valence-electron chi connectivity index (χ0n) is 11.2. The lowest BCUT2D eigenvalue weighted by atomic mass is 10.1. The van der Waals surface area contributed by atoms with E-state index in [1.807, 2.05) is 0 Å². The van der Waals surface area contributed by atoms with E-state index in [0.717, 1.165) is 6.07 Å². The van der Waals surface area contributed by atoms with Crippen LogP contribution in [0.4, 0.5) is 10.1 Å². The Morgan fingerprint density at radius 2 is 2.05 bits per heavy atom. The number of pyridine rings is 1. The minimum atomic E-state index is -0.701. The minimum absolute atomic E-state index is 0.0860. The molecule has 0 spiro atoms. The summed E-state index contributed by atoms with van der Waals surface area (Å²) >= 11 is 0. The maximum absolute atomic E-state index is 13.2. The molecule has 1 aromatic heterocycles. The van der Waals surface area contributed by atoms with Crippen LogP contribution >= 0.6 is 0 Å². The molecule has 0 N–H and O–H groups in total. The van der Waals surface area contributed by atoms with E-state index in [-0.39, 0.29) is 12.1 Å². The molecule has 1 aliphatic heterocycles.